The fourth-order valence-electron chi connectivity index (χ4n) is 3.15. The first-order chi connectivity index (χ1) is 15.0. The second-order valence-corrected chi connectivity index (χ2v) is 7.05. The summed E-state index contributed by atoms with van der Waals surface area (Å²) in [6, 6.07) is 19.4. The van der Waals surface area contributed by atoms with Crippen LogP contribution in [0, 0.1) is 0 Å². The molecule has 7 heteroatoms. The van der Waals surface area contributed by atoms with E-state index < -0.39 is 11.5 Å². The molecule has 2 aromatic carbocycles. The summed E-state index contributed by atoms with van der Waals surface area (Å²) >= 11 is 0. The first-order valence-corrected chi connectivity index (χ1v) is 9.68. The highest BCUT2D eigenvalue weighted by Crippen LogP contribution is 2.13. The van der Waals surface area contributed by atoms with E-state index in [0.717, 1.165) is 5.56 Å². The Morgan fingerprint density at radius 1 is 1.03 bits per heavy atom. The smallest absolute Gasteiger partial charge is 0.349 e. The van der Waals surface area contributed by atoms with E-state index in [4.69, 9.17) is 9.15 Å². The molecular formula is C24H20N2O5. The number of benzene rings is 2. The minimum Gasteiger partial charge on any atom is -0.483 e. The third-order valence-corrected chi connectivity index (χ3v) is 4.86. The molecule has 0 spiro atoms. The van der Waals surface area contributed by atoms with Gasteiger partial charge in [-0.3, -0.25) is 9.59 Å². The van der Waals surface area contributed by atoms with Crippen LogP contribution in [0.3, 0.4) is 0 Å². The number of rotatable bonds is 6. The summed E-state index contributed by atoms with van der Waals surface area (Å²) in [5.74, 6) is -0.354. The van der Waals surface area contributed by atoms with Gasteiger partial charge in [0.15, 0.2) is 5.75 Å². The minimum absolute atomic E-state index is 0.0653. The summed E-state index contributed by atoms with van der Waals surface area (Å²) in [4.78, 5) is 37.1. The van der Waals surface area contributed by atoms with Crippen molar-refractivity contribution in [1.29, 1.82) is 0 Å². The molecule has 0 aliphatic heterocycles. The summed E-state index contributed by atoms with van der Waals surface area (Å²) in [5, 5.41) is 3.32. The lowest BCUT2D eigenvalue weighted by Crippen LogP contribution is -2.29. The Bertz CT molecular complexity index is 1360. The van der Waals surface area contributed by atoms with Gasteiger partial charge >= 0.3 is 5.63 Å². The Labute approximate surface area is 177 Å². The zero-order chi connectivity index (χ0) is 21.8. The Morgan fingerprint density at radius 2 is 1.77 bits per heavy atom. The van der Waals surface area contributed by atoms with Crippen LogP contribution in [0.15, 0.2) is 86.9 Å². The average molecular weight is 416 g/mol. The molecule has 0 aliphatic rings. The van der Waals surface area contributed by atoms with Gasteiger partial charge in [0.25, 0.3) is 5.91 Å². The summed E-state index contributed by atoms with van der Waals surface area (Å²) in [5.41, 5.74) is 0.841. The quantitative estimate of drug-likeness (QED) is 0.488. The van der Waals surface area contributed by atoms with Crippen molar-refractivity contribution in [2.75, 3.05) is 0 Å². The van der Waals surface area contributed by atoms with Crippen molar-refractivity contribution >= 4 is 16.9 Å². The summed E-state index contributed by atoms with van der Waals surface area (Å²) in [6.07, 6.45) is 1.58. The maximum atomic E-state index is 12.5. The van der Waals surface area contributed by atoms with Crippen LogP contribution in [0.25, 0.3) is 11.0 Å². The molecule has 0 bridgehead atoms. The van der Waals surface area contributed by atoms with Gasteiger partial charge in [-0.25, -0.2) is 4.79 Å². The molecule has 4 rings (SSSR count). The number of fused-ring (bicyclic) bond motifs is 1. The van der Waals surface area contributed by atoms with Crippen LogP contribution in [0.5, 0.6) is 5.75 Å². The van der Waals surface area contributed by atoms with Gasteiger partial charge in [0, 0.05) is 24.2 Å². The number of aryl methyl sites for hydroxylation is 1. The molecule has 0 unspecified atom stereocenters. The molecule has 0 fully saturated rings. The molecule has 0 aliphatic carbocycles. The lowest BCUT2D eigenvalue weighted by molar-refractivity contribution is 0.0946. The van der Waals surface area contributed by atoms with Gasteiger partial charge in [0.05, 0.1) is 12.7 Å². The highest BCUT2D eigenvalue weighted by molar-refractivity contribution is 5.96. The topological polar surface area (TPSA) is 90.5 Å². The second-order valence-electron chi connectivity index (χ2n) is 7.05. The summed E-state index contributed by atoms with van der Waals surface area (Å²) in [6.45, 7) is 0.347. The van der Waals surface area contributed by atoms with Crippen LogP contribution < -0.4 is 21.1 Å². The van der Waals surface area contributed by atoms with Crippen molar-refractivity contribution in [3.8, 4) is 5.75 Å². The maximum absolute atomic E-state index is 12.5. The zero-order valence-electron chi connectivity index (χ0n) is 16.8. The number of carbonyl (C=O) groups is 1. The molecular weight excluding hydrogens is 396 g/mol. The largest absolute Gasteiger partial charge is 0.483 e. The summed E-state index contributed by atoms with van der Waals surface area (Å²) in [7, 11) is 1.75. The number of aromatic nitrogens is 1. The fraction of sp³-hybridized carbons (Fsp3) is 0.125. The van der Waals surface area contributed by atoms with Gasteiger partial charge in [-0.05, 0) is 17.7 Å². The first-order valence-electron chi connectivity index (χ1n) is 9.68. The van der Waals surface area contributed by atoms with Crippen molar-refractivity contribution < 1.29 is 13.9 Å². The Kier molecular flexibility index (Phi) is 5.66. The Balaban J connectivity index is 1.46. The van der Waals surface area contributed by atoms with E-state index in [-0.39, 0.29) is 29.9 Å². The molecule has 7 nitrogen and oxygen atoms in total. The first kappa shape index (κ1) is 20.2. The van der Waals surface area contributed by atoms with E-state index in [2.05, 4.69) is 5.32 Å². The number of nitrogens with zero attached hydrogens (tertiary/aromatic N) is 1. The number of nitrogens with one attached hydrogen (secondary N) is 1. The van der Waals surface area contributed by atoms with Gasteiger partial charge in [-0.1, -0.05) is 48.5 Å². The van der Waals surface area contributed by atoms with Gasteiger partial charge in [0.1, 0.15) is 17.8 Å². The lowest BCUT2D eigenvalue weighted by atomic mass is 10.2. The van der Waals surface area contributed by atoms with E-state index in [1.165, 1.54) is 12.1 Å². The van der Waals surface area contributed by atoms with E-state index in [1.807, 2.05) is 30.3 Å². The van der Waals surface area contributed by atoms with E-state index in [0.29, 0.717) is 16.7 Å². The van der Waals surface area contributed by atoms with E-state index >= 15 is 0 Å². The van der Waals surface area contributed by atoms with Crippen LogP contribution in [-0.2, 0) is 20.2 Å². The minimum atomic E-state index is -0.713. The van der Waals surface area contributed by atoms with Crippen LogP contribution in [-0.4, -0.2) is 10.5 Å². The Morgan fingerprint density at radius 3 is 2.58 bits per heavy atom. The van der Waals surface area contributed by atoms with E-state index in [9.17, 15) is 14.4 Å². The van der Waals surface area contributed by atoms with Crippen molar-refractivity contribution in [2.24, 2.45) is 7.05 Å². The van der Waals surface area contributed by atoms with Crippen molar-refractivity contribution in [3.63, 3.8) is 0 Å². The van der Waals surface area contributed by atoms with Crippen LogP contribution in [0.2, 0.25) is 0 Å². The van der Waals surface area contributed by atoms with Crippen molar-refractivity contribution in [3.05, 3.63) is 110 Å². The number of pyridine rings is 1. The number of carbonyl (C=O) groups excluding carboxylic acids is 1. The number of hydrogen-bond donors (Lipinski definition) is 1. The maximum Gasteiger partial charge on any atom is 0.349 e. The third kappa shape index (κ3) is 4.56. The highest BCUT2D eigenvalue weighted by atomic mass is 16.5. The molecule has 2 aromatic heterocycles. The standard InChI is InChI=1S/C24H20N2O5/c1-26-14-22(30-15-16-7-3-2-4-8-16)20(27)12-18(26)13-25-23(28)19-11-17-9-5-6-10-21(17)31-24(19)29/h2-12,14H,13,15H2,1H3,(H,25,28). The molecule has 1 amide bonds. The van der Waals surface area contributed by atoms with Gasteiger partial charge in [0.2, 0.25) is 5.43 Å². The SMILES string of the molecule is Cn1cc(OCc2ccccc2)c(=O)cc1CNC(=O)c1cc2ccccc2oc1=O. The lowest BCUT2D eigenvalue weighted by Gasteiger charge is -2.12. The van der Waals surface area contributed by atoms with Crippen LogP contribution in [0.4, 0.5) is 0 Å². The molecule has 4 aromatic rings. The van der Waals surface area contributed by atoms with Crippen molar-refractivity contribution in [2.45, 2.75) is 13.2 Å². The number of hydrogen-bond acceptors (Lipinski definition) is 5. The van der Waals surface area contributed by atoms with Gasteiger partial charge in [-0.15, -0.1) is 0 Å². The fourth-order valence-corrected chi connectivity index (χ4v) is 3.15. The molecule has 0 atom stereocenters. The monoisotopic (exact) mass is 416 g/mol. The van der Waals surface area contributed by atoms with Gasteiger partial charge < -0.3 is 19.0 Å². The molecule has 0 saturated carbocycles. The summed E-state index contributed by atoms with van der Waals surface area (Å²) < 4.78 is 12.5. The normalized spacial score (nSPS) is 10.7. The molecule has 0 saturated heterocycles. The molecule has 0 radical (unpaired) electrons. The van der Waals surface area contributed by atoms with Crippen LogP contribution >= 0.6 is 0 Å². The predicted octanol–water partition coefficient (Wildman–Crippen LogP) is 3.00. The number of ether oxygens (including phenoxy) is 1. The van der Waals surface area contributed by atoms with Crippen molar-refractivity contribution in [1.82, 2.24) is 9.88 Å². The molecule has 2 heterocycles. The van der Waals surface area contributed by atoms with E-state index in [1.54, 1.807) is 42.1 Å². The second kappa shape index (κ2) is 8.71. The zero-order valence-corrected chi connectivity index (χ0v) is 16.8. The number of amides is 1. The predicted molar refractivity (Wildman–Crippen MR) is 116 cm³/mol. The molecule has 31 heavy (non-hydrogen) atoms. The van der Waals surface area contributed by atoms with Gasteiger partial charge in [-0.2, -0.15) is 0 Å². The molecule has 1 N–H and O–H groups in total. The number of para-hydroxylation sites is 1. The highest BCUT2D eigenvalue weighted by Gasteiger charge is 2.14. The Hall–Kier alpha value is -4.13. The van der Waals surface area contributed by atoms with Crippen LogP contribution in [0.1, 0.15) is 21.6 Å². The average Bonchev–Trinajstić information content (AvgIpc) is 2.78. The third-order valence-electron chi connectivity index (χ3n) is 4.86. The molecule has 156 valence electrons.